The molecule has 2 unspecified atom stereocenters. The molecule has 0 radical (unpaired) electrons. The quantitative estimate of drug-likeness (QED) is 0.710. The Morgan fingerprint density at radius 3 is 2.74 bits per heavy atom. The summed E-state index contributed by atoms with van der Waals surface area (Å²) in [5.41, 5.74) is 1.91. The minimum Gasteiger partial charge on any atom is -0.371 e. The van der Waals surface area contributed by atoms with Gasteiger partial charge in [0, 0.05) is 29.7 Å². The molecule has 1 saturated heterocycles. The fraction of sp³-hybridized carbons (Fsp3) is 0.625. The SMILES string of the molecule is Fc1cccc(N2CCC3CCCCC3C2)c1CBr. The van der Waals surface area contributed by atoms with Crippen molar-refractivity contribution in [1.29, 1.82) is 0 Å². The van der Waals surface area contributed by atoms with Gasteiger partial charge in [-0.25, -0.2) is 4.39 Å². The van der Waals surface area contributed by atoms with E-state index in [4.69, 9.17) is 0 Å². The molecule has 2 aliphatic rings. The molecule has 1 aromatic rings. The van der Waals surface area contributed by atoms with Crippen LogP contribution in [0, 0.1) is 17.7 Å². The van der Waals surface area contributed by atoms with E-state index in [-0.39, 0.29) is 5.82 Å². The number of halogens is 2. The van der Waals surface area contributed by atoms with Crippen LogP contribution in [0.2, 0.25) is 0 Å². The van der Waals surface area contributed by atoms with Crippen molar-refractivity contribution in [1.82, 2.24) is 0 Å². The highest BCUT2D eigenvalue weighted by atomic mass is 79.9. The van der Waals surface area contributed by atoms with E-state index in [0.717, 1.165) is 36.2 Å². The largest absolute Gasteiger partial charge is 0.371 e. The average molecular weight is 326 g/mol. The number of hydrogen-bond donors (Lipinski definition) is 0. The summed E-state index contributed by atoms with van der Waals surface area (Å²) >= 11 is 3.43. The van der Waals surface area contributed by atoms with Gasteiger partial charge in [-0.3, -0.25) is 0 Å². The molecule has 1 aromatic carbocycles. The molecule has 0 aromatic heterocycles. The van der Waals surface area contributed by atoms with Gasteiger partial charge in [0.15, 0.2) is 0 Å². The van der Waals surface area contributed by atoms with Gasteiger partial charge >= 0.3 is 0 Å². The van der Waals surface area contributed by atoms with Crippen LogP contribution in [0.5, 0.6) is 0 Å². The van der Waals surface area contributed by atoms with E-state index in [1.165, 1.54) is 32.1 Å². The zero-order chi connectivity index (χ0) is 13.2. The van der Waals surface area contributed by atoms with Gasteiger partial charge in [-0.2, -0.15) is 0 Å². The van der Waals surface area contributed by atoms with Gasteiger partial charge in [-0.05, 0) is 36.8 Å². The molecule has 0 bridgehead atoms. The lowest BCUT2D eigenvalue weighted by Gasteiger charge is -2.42. The van der Waals surface area contributed by atoms with Crippen LogP contribution in [0.3, 0.4) is 0 Å². The number of benzene rings is 1. The standard InChI is InChI=1S/C16H21BrFN/c17-10-14-15(18)6-3-7-16(14)19-9-8-12-4-1-2-5-13(12)11-19/h3,6-7,12-13H,1-2,4-5,8-11H2. The molecule has 3 heteroatoms. The van der Waals surface area contributed by atoms with Gasteiger partial charge in [0.05, 0.1) is 0 Å². The Morgan fingerprint density at radius 2 is 1.95 bits per heavy atom. The lowest BCUT2D eigenvalue weighted by atomic mass is 9.75. The second kappa shape index (κ2) is 5.82. The molecule has 1 aliphatic heterocycles. The van der Waals surface area contributed by atoms with E-state index >= 15 is 0 Å². The Labute approximate surface area is 123 Å². The second-order valence-corrected chi connectivity index (χ2v) is 6.47. The highest BCUT2D eigenvalue weighted by Gasteiger charge is 2.31. The summed E-state index contributed by atoms with van der Waals surface area (Å²) in [7, 11) is 0. The van der Waals surface area contributed by atoms with Crippen LogP contribution in [-0.4, -0.2) is 13.1 Å². The van der Waals surface area contributed by atoms with Gasteiger partial charge in [-0.15, -0.1) is 0 Å². The van der Waals surface area contributed by atoms with E-state index < -0.39 is 0 Å². The van der Waals surface area contributed by atoms with Gasteiger partial charge < -0.3 is 4.90 Å². The third-order valence-electron chi connectivity index (χ3n) is 4.86. The molecule has 0 N–H and O–H groups in total. The van der Waals surface area contributed by atoms with Crippen molar-refractivity contribution in [3.63, 3.8) is 0 Å². The molecule has 104 valence electrons. The Kier molecular flexibility index (Phi) is 4.11. The molecule has 0 spiro atoms. The fourth-order valence-electron chi connectivity index (χ4n) is 3.80. The van der Waals surface area contributed by atoms with Crippen molar-refractivity contribution in [3.8, 4) is 0 Å². The lowest BCUT2D eigenvalue weighted by molar-refractivity contribution is 0.202. The van der Waals surface area contributed by atoms with E-state index in [1.807, 2.05) is 6.07 Å². The van der Waals surface area contributed by atoms with Crippen molar-refractivity contribution in [2.24, 2.45) is 11.8 Å². The first kappa shape index (κ1) is 13.4. The fourth-order valence-corrected chi connectivity index (χ4v) is 4.35. The summed E-state index contributed by atoms with van der Waals surface area (Å²) in [6, 6.07) is 5.47. The first-order valence-corrected chi connectivity index (χ1v) is 8.50. The molecule has 3 rings (SSSR count). The molecule has 2 atom stereocenters. The summed E-state index contributed by atoms with van der Waals surface area (Å²) in [4.78, 5) is 2.41. The maximum absolute atomic E-state index is 13.9. The Morgan fingerprint density at radius 1 is 1.16 bits per heavy atom. The third kappa shape index (κ3) is 2.67. The molecule has 0 amide bonds. The molecule has 1 heterocycles. The van der Waals surface area contributed by atoms with Crippen LogP contribution < -0.4 is 4.90 Å². The van der Waals surface area contributed by atoms with Gasteiger partial charge in [0.1, 0.15) is 5.82 Å². The summed E-state index contributed by atoms with van der Waals surface area (Å²) in [6.45, 7) is 2.21. The van der Waals surface area contributed by atoms with Crippen molar-refractivity contribution in [2.45, 2.75) is 37.4 Å². The monoisotopic (exact) mass is 325 g/mol. The molecular weight excluding hydrogens is 305 g/mol. The van der Waals surface area contributed by atoms with Crippen LogP contribution in [-0.2, 0) is 5.33 Å². The second-order valence-electron chi connectivity index (χ2n) is 5.91. The topological polar surface area (TPSA) is 3.24 Å². The van der Waals surface area contributed by atoms with E-state index in [1.54, 1.807) is 6.07 Å². The van der Waals surface area contributed by atoms with E-state index in [0.29, 0.717) is 5.33 Å². The van der Waals surface area contributed by atoms with Crippen LogP contribution in [0.1, 0.15) is 37.7 Å². The number of rotatable bonds is 2. The predicted molar refractivity (Wildman–Crippen MR) is 81.3 cm³/mol. The van der Waals surface area contributed by atoms with Crippen molar-refractivity contribution in [3.05, 3.63) is 29.6 Å². The Balaban J connectivity index is 1.81. The highest BCUT2D eigenvalue weighted by Crippen LogP contribution is 2.38. The van der Waals surface area contributed by atoms with Crippen LogP contribution in [0.25, 0.3) is 0 Å². The van der Waals surface area contributed by atoms with E-state index in [2.05, 4.69) is 26.9 Å². The minimum absolute atomic E-state index is 0.0832. The number of piperidine rings is 1. The first-order chi connectivity index (χ1) is 9.29. The van der Waals surface area contributed by atoms with Crippen molar-refractivity contribution in [2.75, 3.05) is 18.0 Å². The number of fused-ring (bicyclic) bond motifs is 1. The maximum Gasteiger partial charge on any atom is 0.129 e. The molecule has 1 saturated carbocycles. The smallest absolute Gasteiger partial charge is 0.129 e. The molecule has 1 nitrogen and oxygen atoms in total. The van der Waals surface area contributed by atoms with Crippen molar-refractivity contribution >= 4 is 21.6 Å². The summed E-state index contributed by atoms with van der Waals surface area (Å²) in [5.74, 6) is 1.67. The summed E-state index contributed by atoms with van der Waals surface area (Å²) < 4.78 is 13.9. The first-order valence-electron chi connectivity index (χ1n) is 7.38. The van der Waals surface area contributed by atoms with Crippen LogP contribution in [0.15, 0.2) is 18.2 Å². The molecular formula is C16H21BrFN. The van der Waals surface area contributed by atoms with Crippen LogP contribution in [0.4, 0.5) is 10.1 Å². The predicted octanol–water partition coefficient (Wildman–Crippen LogP) is 4.74. The normalized spacial score (nSPS) is 27.2. The summed E-state index contributed by atoms with van der Waals surface area (Å²) in [5, 5.41) is 0.597. The molecule has 2 fully saturated rings. The lowest BCUT2D eigenvalue weighted by Crippen LogP contribution is -2.42. The average Bonchev–Trinajstić information content (AvgIpc) is 2.46. The van der Waals surface area contributed by atoms with Crippen molar-refractivity contribution < 1.29 is 4.39 Å². The minimum atomic E-state index is -0.0832. The zero-order valence-corrected chi connectivity index (χ0v) is 12.8. The Hall–Kier alpha value is -0.570. The number of anilines is 1. The summed E-state index contributed by atoms with van der Waals surface area (Å²) in [6.07, 6.45) is 6.84. The highest BCUT2D eigenvalue weighted by molar-refractivity contribution is 9.08. The van der Waals surface area contributed by atoms with Gasteiger partial charge in [-0.1, -0.05) is 41.3 Å². The van der Waals surface area contributed by atoms with E-state index in [9.17, 15) is 4.39 Å². The number of alkyl halides is 1. The van der Waals surface area contributed by atoms with Gasteiger partial charge in [0.2, 0.25) is 0 Å². The number of nitrogens with zero attached hydrogens (tertiary/aromatic N) is 1. The van der Waals surface area contributed by atoms with Crippen LogP contribution >= 0.6 is 15.9 Å². The number of hydrogen-bond acceptors (Lipinski definition) is 1. The Bertz CT molecular complexity index is 448. The molecule has 1 aliphatic carbocycles. The third-order valence-corrected chi connectivity index (χ3v) is 5.42. The van der Waals surface area contributed by atoms with Gasteiger partial charge in [0.25, 0.3) is 0 Å². The maximum atomic E-state index is 13.9. The molecule has 19 heavy (non-hydrogen) atoms. The zero-order valence-electron chi connectivity index (χ0n) is 11.2.